The fraction of sp³-hybridized carbons (Fsp3) is 1.00. The second-order valence-corrected chi connectivity index (χ2v) is 6.06. The molecular formula is C17H37NO. The van der Waals surface area contributed by atoms with Crippen LogP contribution in [0.3, 0.4) is 0 Å². The van der Waals surface area contributed by atoms with E-state index in [0.717, 1.165) is 13.2 Å². The zero-order valence-electron chi connectivity index (χ0n) is 14.1. The van der Waals surface area contributed by atoms with Gasteiger partial charge in [-0.15, -0.1) is 0 Å². The van der Waals surface area contributed by atoms with Gasteiger partial charge in [0, 0.05) is 12.6 Å². The molecule has 0 spiro atoms. The zero-order valence-corrected chi connectivity index (χ0v) is 14.1. The minimum absolute atomic E-state index is 0.0486. The first-order valence-corrected chi connectivity index (χ1v) is 8.45. The molecule has 1 N–H and O–H groups in total. The fourth-order valence-corrected chi connectivity index (χ4v) is 2.72. The molecule has 19 heavy (non-hydrogen) atoms. The number of ether oxygens (including phenoxy) is 1. The van der Waals surface area contributed by atoms with Crippen LogP contribution in [0.5, 0.6) is 0 Å². The second kappa shape index (κ2) is 11.7. The summed E-state index contributed by atoms with van der Waals surface area (Å²) >= 11 is 0. The molecule has 0 aromatic rings. The van der Waals surface area contributed by atoms with Crippen molar-refractivity contribution in [2.45, 2.75) is 97.6 Å². The first kappa shape index (κ1) is 18.9. The first-order chi connectivity index (χ1) is 9.08. The lowest BCUT2D eigenvalue weighted by molar-refractivity contribution is -0.0402. The lowest BCUT2D eigenvalue weighted by atomic mass is 9.92. The molecule has 1 unspecified atom stereocenters. The minimum Gasteiger partial charge on any atom is -0.374 e. The van der Waals surface area contributed by atoms with Crippen molar-refractivity contribution in [2.75, 3.05) is 13.2 Å². The van der Waals surface area contributed by atoms with E-state index >= 15 is 0 Å². The Hall–Kier alpha value is -0.0800. The molecule has 0 saturated carbocycles. The lowest BCUT2D eigenvalue weighted by Gasteiger charge is -2.35. The van der Waals surface area contributed by atoms with Crippen LogP contribution in [-0.4, -0.2) is 24.8 Å². The van der Waals surface area contributed by atoms with E-state index in [9.17, 15) is 0 Å². The van der Waals surface area contributed by atoms with Crippen LogP contribution in [0.1, 0.15) is 86.0 Å². The number of unbranched alkanes of at least 4 members (excludes halogenated alkanes) is 6. The lowest BCUT2D eigenvalue weighted by Crippen LogP contribution is -2.48. The molecule has 0 aliphatic heterocycles. The van der Waals surface area contributed by atoms with E-state index in [1.165, 1.54) is 51.4 Å². The molecule has 0 radical (unpaired) electrons. The van der Waals surface area contributed by atoms with Gasteiger partial charge in [0.05, 0.1) is 5.60 Å². The van der Waals surface area contributed by atoms with Crippen molar-refractivity contribution in [2.24, 2.45) is 0 Å². The average molecular weight is 271 g/mol. The van der Waals surface area contributed by atoms with Gasteiger partial charge in [0.15, 0.2) is 0 Å². The smallest absolute Gasteiger partial charge is 0.0778 e. The molecule has 0 aromatic heterocycles. The van der Waals surface area contributed by atoms with Gasteiger partial charge in [-0.2, -0.15) is 0 Å². The van der Waals surface area contributed by atoms with Crippen molar-refractivity contribution in [3.8, 4) is 0 Å². The van der Waals surface area contributed by atoms with Crippen LogP contribution < -0.4 is 5.32 Å². The summed E-state index contributed by atoms with van der Waals surface area (Å²) in [6, 6.07) is 0.480. The van der Waals surface area contributed by atoms with Gasteiger partial charge in [-0.1, -0.05) is 58.8 Å². The number of nitrogens with one attached hydrogen (secondary N) is 1. The highest BCUT2D eigenvalue weighted by Gasteiger charge is 2.28. The Labute approximate surface area is 121 Å². The molecule has 0 rings (SSSR count). The Morgan fingerprint density at radius 2 is 1.47 bits per heavy atom. The average Bonchev–Trinajstić information content (AvgIpc) is 2.36. The molecule has 2 heteroatoms. The predicted molar refractivity (Wildman–Crippen MR) is 85.8 cm³/mol. The van der Waals surface area contributed by atoms with Crippen molar-refractivity contribution < 1.29 is 4.74 Å². The van der Waals surface area contributed by atoms with Gasteiger partial charge < -0.3 is 10.1 Å². The molecule has 2 nitrogen and oxygen atoms in total. The normalized spacial score (nSPS) is 13.7. The number of hydrogen-bond donors (Lipinski definition) is 1. The highest BCUT2D eigenvalue weighted by atomic mass is 16.5. The third kappa shape index (κ3) is 9.45. The molecular weight excluding hydrogens is 234 g/mol. The van der Waals surface area contributed by atoms with Crippen LogP contribution in [0.15, 0.2) is 0 Å². The molecule has 0 amide bonds. The molecule has 0 saturated heterocycles. The molecule has 0 bridgehead atoms. The summed E-state index contributed by atoms with van der Waals surface area (Å²) in [5.41, 5.74) is -0.0486. The molecule has 116 valence electrons. The molecule has 1 atom stereocenters. The van der Waals surface area contributed by atoms with Gasteiger partial charge in [0.2, 0.25) is 0 Å². The van der Waals surface area contributed by atoms with Gasteiger partial charge in [0.25, 0.3) is 0 Å². The third-order valence-electron chi connectivity index (χ3n) is 3.90. The summed E-state index contributed by atoms with van der Waals surface area (Å²) in [6.45, 7) is 12.8. The van der Waals surface area contributed by atoms with Crippen LogP contribution in [0.25, 0.3) is 0 Å². The molecule has 0 aliphatic carbocycles. The van der Waals surface area contributed by atoms with Crippen LogP contribution in [-0.2, 0) is 4.74 Å². The Morgan fingerprint density at radius 3 is 2.00 bits per heavy atom. The predicted octanol–water partition coefficient (Wildman–Crippen LogP) is 4.92. The summed E-state index contributed by atoms with van der Waals surface area (Å²) in [6.07, 6.45) is 10.9. The minimum atomic E-state index is -0.0486. The maximum absolute atomic E-state index is 5.89. The molecule has 0 fully saturated rings. The maximum Gasteiger partial charge on any atom is 0.0778 e. The molecule has 0 aliphatic rings. The van der Waals surface area contributed by atoms with Crippen molar-refractivity contribution >= 4 is 0 Å². The van der Waals surface area contributed by atoms with E-state index in [2.05, 4.69) is 39.9 Å². The van der Waals surface area contributed by atoms with Crippen molar-refractivity contribution in [1.82, 2.24) is 5.32 Å². The summed E-state index contributed by atoms with van der Waals surface area (Å²) in [7, 11) is 0. The Morgan fingerprint density at radius 1 is 0.895 bits per heavy atom. The van der Waals surface area contributed by atoms with E-state index < -0.39 is 0 Å². The summed E-state index contributed by atoms with van der Waals surface area (Å²) in [4.78, 5) is 0. The van der Waals surface area contributed by atoms with E-state index in [-0.39, 0.29) is 5.60 Å². The van der Waals surface area contributed by atoms with E-state index in [4.69, 9.17) is 4.74 Å². The highest BCUT2D eigenvalue weighted by molar-refractivity contribution is 4.85. The van der Waals surface area contributed by atoms with Crippen molar-refractivity contribution in [1.29, 1.82) is 0 Å². The summed E-state index contributed by atoms with van der Waals surface area (Å²) in [5, 5.41) is 3.59. The van der Waals surface area contributed by atoms with Gasteiger partial charge in [0.1, 0.15) is 0 Å². The summed E-state index contributed by atoms with van der Waals surface area (Å²) < 4.78 is 5.89. The van der Waals surface area contributed by atoms with Gasteiger partial charge >= 0.3 is 0 Å². The molecule has 0 aromatic carbocycles. The van der Waals surface area contributed by atoms with Crippen LogP contribution in [0.2, 0.25) is 0 Å². The van der Waals surface area contributed by atoms with Crippen molar-refractivity contribution in [3.63, 3.8) is 0 Å². The maximum atomic E-state index is 5.89. The zero-order chi connectivity index (χ0) is 14.6. The number of hydrogen-bond acceptors (Lipinski definition) is 2. The Kier molecular flexibility index (Phi) is 11.7. The fourth-order valence-electron chi connectivity index (χ4n) is 2.72. The van der Waals surface area contributed by atoms with Gasteiger partial charge in [-0.3, -0.25) is 0 Å². The largest absolute Gasteiger partial charge is 0.374 e. The third-order valence-corrected chi connectivity index (χ3v) is 3.90. The monoisotopic (exact) mass is 271 g/mol. The SMILES string of the molecule is CCCCCCCCCC(NCC)C(C)(C)OCC. The van der Waals surface area contributed by atoms with E-state index in [0.29, 0.717) is 6.04 Å². The Bertz CT molecular complexity index is 192. The first-order valence-electron chi connectivity index (χ1n) is 8.45. The van der Waals surface area contributed by atoms with Crippen LogP contribution >= 0.6 is 0 Å². The molecule has 0 heterocycles. The number of likely N-dealkylation sites (N-methyl/N-ethyl adjacent to an activating group) is 1. The topological polar surface area (TPSA) is 21.3 Å². The van der Waals surface area contributed by atoms with Crippen LogP contribution in [0.4, 0.5) is 0 Å². The van der Waals surface area contributed by atoms with Gasteiger partial charge in [-0.25, -0.2) is 0 Å². The second-order valence-electron chi connectivity index (χ2n) is 6.06. The Balaban J connectivity index is 3.82. The quantitative estimate of drug-likeness (QED) is 0.480. The number of rotatable bonds is 13. The summed E-state index contributed by atoms with van der Waals surface area (Å²) in [5.74, 6) is 0. The standard InChI is InChI=1S/C17H37NO/c1-6-9-10-11-12-13-14-15-16(18-7-2)17(4,5)19-8-3/h16,18H,6-15H2,1-5H3. The van der Waals surface area contributed by atoms with Crippen molar-refractivity contribution in [3.05, 3.63) is 0 Å². The highest BCUT2D eigenvalue weighted by Crippen LogP contribution is 2.20. The van der Waals surface area contributed by atoms with E-state index in [1.807, 2.05) is 0 Å². The van der Waals surface area contributed by atoms with Crippen LogP contribution in [0, 0.1) is 0 Å². The van der Waals surface area contributed by atoms with Gasteiger partial charge in [-0.05, 0) is 33.7 Å². The van der Waals surface area contributed by atoms with E-state index in [1.54, 1.807) is 0 Å².